The summed E-state index contributed by atoms with van der Waals surface area (Å²) in [6.07, 6.45) is 7.18. The van der Waals surface area contributed by atoms with Crippen molar-refractivity contribution in [2.75, 3.05) is 19.6 Å². The minimum atomic E-state index is 0.139. The van der Waals surface area contributed by atoms with Gasteiger partial charge in [0.2, 0.25) is 0 Å². The monoisotopic (exact) mass is 197 g/mol. The highest BCUT2D eigenvalue weighted by atomic mass is 16.5. The molecule has 2 nitrogen and oxygen atoms in total. The fourth-order valence-corrected chi connectivity index (χ4v) is 2.64. The Balaban J connectivity index is 1.75. The topological polar surface area (TPSA) is 12.5 Å². The van der Waals surface area contributed by atoms with Crippen molar-refractivity contribution in [3.63, 3.8) is 0 Å². The molecule has 2 aliphatic heterocycles. The smallest absolute Gasteiger partial charge is 0.0710 e. The van der Waals surface area contributed by atoms with Gasteiger partial charge in [0, 0.05) is 6.54 Å². The van der Waals surface area contributed by atoms with Crippen molar-refractivity contribution in [2.24, 2.45) is 0 Å². The molecule has 14 heavy (non-hydrogen) atoms. The zero-order chi connectivity index (χ0) is 10.0. The highest BCUT2D eigenvalue weighted by Gasteiger charge is 2.32. The molecule has 0 radical (unpaired) electrons. The van der Waals surface area contributed by atoms with Crippen molar-refractivity contribution >= 4 is 0 Å². The molecule has 2 fully saturated rings. The van der Waals surface area contributed by atoms with E-state index in [0.29, 0.717) is 6.10 Å². The molecule has 0 aromatic rings. The number of hydrogen-bond donors (Lipinski definition) is 0. The Kier molecular flexibility index (Phi) is 3.13. The van der Waals surface area contributed by atoms with Gasteiger partial charge in [0.1, 0.15) is 0 Å². The number of hydrogen-bond acceptors (Lipinski definition) is 2. The summed E-state index contributed by atoms with van der Waals surface area (Å²) in [4.78, 5) is 2.58. The minimum Gasteiger partial charge on any atom is -0.371 e. The molecule has 0 bridgehead atoms. The normalized spacial score (nSPS) is 33.4. The lowest BCUT2D eigenvalue weighted by molar-refractivity contribution is -0.0304. The van der Waals surface area contributed by atoms with Gasteiger partial charge in [0.15, 0.2) is 0 Å². The van der Waals surface area contributed by atoms with Crippen LogP contribution >= 0.6 is 0 Å². The van der Waals surface area contributed by atoms with Gasteiger partial charge >= 0.3 is 0 Å². The van der Waals surface area contributed by atoms with Crippen LogP contribution in [-0.4, -0.2) is 36.2 Å². The van der Waals surface area contributed by atoms with E-state index in [1.165, 1.54) is 51.7 Å². The van der Waals surface area contributed by atoms with Gasteiger partial charge in [-0.05, 0) is 52.6 Å². The van der Waals surface area contributed by atoms with Gasteiger partial charge in [-0.3, -0.25) is 0 Å². The SMILES string of the molecule is CC1(C)CCC(CN2CCCCC2)O1. The van der Waals surface area contributed by atoms with E-state index in [4.69, 9.17) is 4.74 Å². The first kappa shape index (κ1) is 10.4. The summed E-state index contributed by atoms with van der Waals surface area (Å²) in [5, 5.41) is 0. The molecule has 0 N–H and O–H groups in total. The highest BCUT2D eigenvalue weighted by Crippen LogP contribution is 2.30. The van der Waals surface area contributed by atoms with Crippen LogP contribution in [0.3, 0.4) is 0 Å². The van der Waals surface area contributed by atoms with Crippen LogP contribution in [0, 0.1) is 0 Å². The standard InChI is InChI=1S/C12H23NO/c1-12(2)7-6-11(14-12)10-13-8-4-3-5-9-13/h11H,3-10H2,1-2H3. The first-order valence-electron chi connectivity index (χ1n) is 6.06. The number of nitrogens with zero attached hydrogens (tertiary/aromatic N) is 1. The average molecular weight is 197 g/mol. The molecule has 0 aliphatic carbocycles. The Labute approximate surface area is 87.6 Å². The summed E-state index contributed by atoms with van der Waals surface area (Å²) >= 11 is 0. The Morgan fingerprint density at radius 2 is 1.93 bits per heavy atom. The lowest BCUT2D eigenvalue weighted by Crippen LogP contribution is -2.37. The highest BCUT2D eigenvalue weighted by molar-refractivity contribution is 4.83. The largest absolute Gasteiger partial charge is 0.371 e. The van der Waals surface area contributed by atoms with Gasteiger partial charge in [-0.15, -0.1) is 0 Å². The van der Waals surface area contributed by atoms with Crippen LogP contribution in [0.1, 0.15) is 46.0 Å². The van der Waals surface area contributed by atoms with Crippen LogP contribution in [-0.2, 0) is 4.74 Å². The maximum Gasteiger partial charge on any atom is 0.0710 e. The molecule has 0 spiro atoms. The summed E-state index contributed by atoms with van der Waals surface area (Å²) in [5.41, 5.74) is 0.139. The van der Waals surface area contributed by atoms with Crippen LogP contribution < -0.4 is 0 Å². The molecule has 0 aromatic heterocycles. The van der Waals surface area contributed by atoms with Crippen LogP contribution in [0.25, 0.3) is 0 Å². The summed E-state index contributed by atoms with van der Waals surface area (Å²) in [6.45, 7) is 8.18. The Morgan fingerprint density at radius 3 is 2.50 bits per heavy atom. The van der Waals surface area contributed by atoms with E-state index in [1.54, 1.807) is 0 Å². The first-order chi connectivity index (χ1) is 6.66. The zero-order valence-corrected chi connectivity index (χ0v) is 9.59. The molecule has 0 amide bonds. The molecule has 0 aromatic carbocycles. The van der Waals surface area contributed by atoms with Crippen molar-refractivity contribution in [2.45, 2.75) is 57.7 Å². The molecule has 2 aliphatic rings. The summed E-state index contributed by atoms with van der Waals surface area (Å²) in [7, 11) is 0. The van der Waals surface area contributed by atoms with E-state index >= 15 is 0 Å². The van der Waals surface area contributed by atoms with Gasteiger partial charge in [0.05, 0.1) is 11.7 Å². The predicted molar refractivity (Wildman–Crippen MR) is 58.5 cm³/mol. The van der Waals surface area contributed by atoms with E-state index in [2.05, 4.69) is 18.7 Å². The second kappa shape index (κ2) is 4.19. The lowest BCUT2D eigenvalue weighted by Gasteiger charge is -2.29. The molecule has 2 heteroatoms. The quantitative estimate of drug-likeness (QED) is 0.674. The van der Waals surface area contributed by atoms with Crippen molar-refractivity contribution in [1.29, 1.82) is 0 Å². The maximum atomic E-state index is 6.01. The fraction of sp³-hybridized carbons (Fsp3) is 1.00. The third-order valence-corrected chi connectivity index (χ3v) is 3.46. The molecule has 82 valence electrons. The first-order valence-corrected chi connectivity index (χ1v) is 6.06. The second-order valence-electron chi connectivity index (χ2n) is 5.40. The molecule has 1 unspecified atom stereocenters. The minimum absolute atomic E-state index is 0.139. The van der Waals surface area contributed by atoms with Crippen molar-refractivity contribution < 1.29 is 4.74 Å². The molecule has 2 heterocycles. The average Bonchev–Trinajstić information content (AvgIpc) is 2.47. The number of likely N-dealkylation sites (tertiary alicyclic amines) is 1. The predicted octanol–water partition coefficient (Wildman–Crippen LogP) is 2.43. The molecule has 2 rings (SSSR count). The van der Waals surface area contributed by atoms with E-state index in [9.17, 15) is 0 Å². The Hall–Kier alpha value is -0.0800. The molecule has 2 saturated heterocycles. The van der Waals surface area contributed by atoms with Gasteiger partial charge in [-0.2, -0.15) is 0 Å². The molecular formula is C12H23NO. The number of ether oxygens (including phenoxy) is 1. The maximum absolute atomic E-state index is 6.01. The Morgan fingerprint density at radius 1 is 1.21 bits per heavy atom. The number of rotatable bonds is 2. The van der Waals surface area contributed by atoms with Crippen molar-refractivity contribution in [1.82, 2.24) is 4.90 Å². The van der Waals surface area contributed by atoms with Crippen LogP contribution in [0.2, 0.25) is 0 Å². The summed E-state index contributed by atoms with van der Waals surface area (Å²) < 4.78 is 6.01. The van der Waals surface area contributed by atoms with Crippen LogP contribution in [0.5, 0.6) is 0 Å². The number of piperidine rings is 1. The van der Waals surface area contributed by atoms with Gasteiger partial charge in [0.25, 0.3) is 0 Å². The van der Waals surface area contributed by atoms with E-state index in [1.807, 2.05) is 0 Å². The third-order valence-electron chi connectivity index (χ3n) is 3.46. The molecule has 1 atom stereocenters. The van der Waals surface area contributed by atoms with Crippen molar-refractivity contribution in [3.05, 3.63) is 0 Å². The molecular weight excluding hydrogens is 174 g/mol. The second-order valence-corrected chi connectivity index (χ2v) is 5.40. The third kappa shape index (κ3) is 2.71. The van der Waals surface area contributed by atoms with E-state index in [-0.39, 0.29) is 5.60 Å². The van der Waals surface area contributed by atoms with E-state index in [0.717, 1.165) is 0 Å². The van der Waals surface area contributed by atoms with Gasteiger partial charge in [-0.1, -0.05) is 6.42 Å². The zero-order valence-electron chi connectivity index (χ0n) is 9.59. The van der Waals surface area contributed by atoms with E-state index < -0.39 is 0 Å². The van der Waals surface area contributed by atoms with Crippen molar-refractivity contribution in [3.8, 4) is 0 Å². The molecule has 0 saturated carbocycles. The summed E-state index contributed by atoms with van der Waals surface area (Å²) in [5.74, 6) is 0. The van der Waals surface area contributed by atoms with Gasteiger partial charge in [-0.25, -0.2) is 0 Å². The Bertz CT molecular complexity index is 185. The van der Waals surface area contributed by atoms with Gasteiger partial charge < -0.3 is 9.64 Å². The van der Waals surface area contributed by atoms with Crippen LogP contribution in [0.15, 0.2) is 0 Å². The lowest BCUT2D eigenvalue weighted by atomic mass is 10.0. The summed E-state index contributed by atoms with van der Waals surface area (Å²) in [6, 6.07) is 0. The van der Waals surface area contributed by atoms with Crippen LogP contribution in [0.4, 0.5) is 0 Å². The fourth-order valence-electron chi connectivity index (χ4n) is 2.64.